The van der Waals surface area contributed by atoms with Gasteiger partial charge in [0.15, 0.2) is 0 Å². The molecule has 0 aromatic carbocycles. The van der Waals surface area contributed by atoms with Crippen LogP contribution in [0.3, 0.4) is 0 Å². The van der Waals surface area contributed by atoms with Gasteiger partial charge < -0.3 is 10.2 Å². The molecule has 2 nitrogen and oxygen atoms in total. The van der Waals surface area contributed by atoms with Gasteiger partial charge >= 0.3 is 0 Å². The Bertz CT molecular complexity index is 573. The Balaban J connectivity index is 1.47. The van der Waals surface area contributed by atoms with Crippen molar-refractivity contribution >= 4 is 0 Å². The van der Waals surface area contributed by atoms with Crippen LogP contribution in [0.2, 0.25) is 0 Å². The predicted octanol–water partition coefficient (Wildman–Crippen LogP) is 6.44. The van der Waals surface area contributed by atoms with Crippen molar-refractivity contribution in [2.75, 3.05) is 0 Å². The van der Waals surface area contributed by atoms with Gasteiger partial charge in [0, 0.05) is 0 Å². The van der Waals surface area contributed by atoms with Crippen LogP contribution in [0.4, 0.5) is 0 Å². The number of rotatable bonds is 5. The molecule has 0 spiro atoms. The fraction of sp³-hybridized carbons (Fsp3) is 1.00. The lowest BCUT2D eigenvalue weighted by Gasteiger charge is -2.61. The first-order chi connectivity index (χ1) is 13.7. The smallest absolute Gasteiger partial charge is 0.0804 e. The quantitative estimate of drug-likeness (QED) is 0.553. The highest BCUT2D eigenvalue weighted by atomic mass is 16.3. The molecule has 0 saturated heterocycles. The Morgan fingerprint density at radius 2 is 1.55 bits per heavy atom. The van der Waals surface area contributed by atoms with Gasteiger partial charge in [-0.3, -0.25) is 0 Å². The van der Waals surface area contributed by atoms with E-state index in [2.05, 4.69) is 34.6 Å². The van der Waals surface area contributed by atoms with Crippen LogP contribution in [0.5, 0.6) is 0 Å². The molecule has 0 aliphatic heterocycles. The van der Waals surface area contributed by atoms with E-state index in [1.165, 1.54) is 57.8 Å². The van der Waals surface area contributed by atoms with Crippen molar-refractivity contribution in [3.05, 3.63) is 0 Å². The minimum atomic E-state index is -0.499. The molecule has 0 radical (unpaired) electrons. The van der Waals surface area contributed by atoms with Crippen LogP contribution in [0.15, 0.2) is 0 Å². The summed E-state index contributed by atoms with van der Waals surface area (Å²) in [6.45, 7) is 12.4. The molecule has 2 heteroatoms. The van der Waals surface area contributed by atoms with Crippen LogP contribution >= 0.6 is 0 Å². The van der Waals surface area contributed by atoms with Crippen molar-refractivity contribution in [1.29, 1.82) is 0 Å². The van der Waals surface area contributed by atoms with Crippen molar-refractivity contribution in [2.45, 2.75) is 117 Å². The van der Waals surface area contributed by atoms with Gasteiger partial charge in [-0.25, -0.2) is 0 Å². The zero-order chi connectivity index (χ0) is 21.0. The largest absolute Gasteiger partial charge is 0.390 e. The third-order valence-corrected chi connectivity index (χ3v) is 10.9. The molecule has 0 amide bonds. The van der Waals surface area contributed by atoms with Crippen molar-refractivity contribution < 1.29 is 10.2 Å². The van der Waals surface area contributed by atoms with Crippen LogP contribution in [0.1, 0.15) is 105 Å². The van der Waals surface area contributed by atoms with Gasteiger partial charge in [-0.2, -0.15) is 0 Å². The molecule has 4 fully saturated rings. The summed E-state index contributed by atoms with van der Waals surface area (Å²) in [5.74, 6) is 5.80. The molecule has 0 heterocycles. The molecule has 4 aliphatic rings. The standard InChI is InChI=1S/C27H48O2/c1-17(2)7-6-8-18(3)21-11-12-22-20-10-9-19-15-24(28)25(29)16-27(19,5)23(20)13-14-26(21,22)4/h17-25,28-29H,6-16H2,1-5H3/t18-,19-,20+,21-,22+,23+,24+,25-,26+,27-/m0/s1. The van der Waals surface area contributed by atoms with Crippen LogP contribution in [0, 0.1) is 52.3 Å². The molecule has 168 valence electrons. The average molecular weight is 405 g/mol. The van der Waals surface area contributed by atoms with E-state index >= 15 is 0 Å². The van der Waals surface area contributed by atoms with E-state index < -0.39 is 12.2 Å². The van der Waals surface area contributed by atoms with E-state index in [4.69, 9.17) is 0 Å². The summed E-state index contributed by atoms with van der Waals surface area (Å²) < 4.78 is 0. The number of hydrogen-bond donors (Lipinski definition) is 2. The molecular formula is C27H48O2. The van der Waals surface area contributed by atoms with E-state index in [0.717, 1.165) is 48.3 Å². The van der Waals surface area contributed by atoms with Crippen LogP contribution in [-0.2, 0) is 0 Å². The molecule has 2 N–H and O–H groups in total. The van der Waals surface area contributed by atoms with Gasteiger partial charge in [0.1, 0.15) is 0 Å². The van der Waals surface area contributed by atoms with E-state index in [-0.39, 0.29) is 5.41 Å². The molecule has 10 atom stereocenters. The van der Waals surface area contributed by atoms with Crippen LogP contribution in [-0.4, -0.2) is 22.4 Å². The summed E-state index contributed by atoms with van der Waals surface area (Å²) >= 11 is 0. The first-order valence-corrected chi connectivity index (χ1v) is 13.0. The SMILES string of the molecule is CC(C)CCC[C@H](C)[C@@H]1CC[C@@H]2[C@H]3CC[C@H]4C[C@@H](O)[C@@H](O)C[C@]4(C)[C@@H]3CC[C@@]21C. The monoisotopic (exact) mass is 404 g/mol. The molecule has 4 rings (SSSR count). The maximum absolute atomic E-state index is 10.5. The molecule has 4 saturated carbocycles. The topological polar surface area (TPSA) is 40.5 Å². The van der Waals surface area contributed by atoms with Crippen LogP contribution in [0.25, 0.3) is 0 Å². The lowest BCUT2D eigenvalue weighted by Crippen LogP contribution is -2.56. The summed E-state index contributed by atoms with van der Waals surface area (Å²) in [7, 11) is 0. The zero-order valence-corrected chi connectivity index (χ0v) is 19.9. The van der Waals surface area contributed by atoms with E-state index in [1.54, 1.807) is 0 Å². The average Bonchev–Trinajstić information content (AvgIpc) is 3.00. The fourth-order valence-electron chi connectivity index (χ4n) is 9.30. The van der Waals surface area contributed by atoms with E-state index in [0.29, 0.717) is 11.3 Å². The van der Waals surface area contributed by atoms with Crippen molar-refractivity contribution in [1.82, 2.24) is 0 Å². The Hall–Kier alpha value is -0.0800. The minimum Gasteiger partial charge on any atom is -0.390 e. The zero-order valence-electron chi connectivity index (χ0n) is 19.9. The highest BCUT2D eigenvalue weighted by molar-refractivity contribution is 5.10. The number of aliphatic hydroxyl groups is 2. The minimum absolute atomic E-state index is 0.254. The summed E-state index contributed by atoms with van der Waals surface area (Å²) in [4.78, 5) is 0. The predicted molar refractivity (Wildman–Crippen MR) is 120 cm³/mol. The Kier molecular flexibility index (Phi) is 6.19. The first-order valence-electron chi connectivity index (χ1n) is 13.0. The molecule has 0 aromatic rings. The first kappa shape index (κ1) is 22.1. The molecule has 0 bridgehead atoms. The second kappa shape index (κ2) is 8.12. The summed E-state index contributed by atoms with van der Waals surface area (Å²) in [5.41, 5.74) is 0.804. The van der Waals surface area contributed by atoms with Gasteiger partial charge in [0.2, 0.25) is 0 Å². The van der Waals surface area contributed by atoms with Crippen molar-refractivity contribution in [3.63, 3.8) is 0 Å². The summed E-state index contributed by atoms with van der Waals surface area (Å²) in [6, 6.07) is 0. The van der Waals surface area contributed by atoms with Gasteiger partial charge in [-0.05, 0) is 104 Å². The lowest BCUT2D eigenvalue weighted by molar-refractivity contribution is -0.160. The van der Waals surface area contributed by atoms with Gasteiger partial charge in [0.25, 0.3) is 0 Å². The van der Waals surface area contributed by atoms with Gasteiger partial charge in [-0.15, -0.1) is 0 Å². The normalized spacial score (nSPS) is 50.7. The molecular weight excluding hydrogens is 356 g/mol. The second-order valence-electron chi connectivity index (χ2n) is 12.8. The summed E-state index contributed by atoms with van der Waals surface area (Å²) in [6.07, 6.45) is 13.2. The number of aliphatic hydroxyl groups excluding tert-OH is 2. The lowest BCUT2D eigenvalue weighted by atomic mass is 9.44. The molecule has 29 heavy (non-hydrogen) atoms. The third-order valence-electron chi connectivity index (χ3n) is 10.9. The fourth-order valence-corrected chi connectivity index (χ4v) is 9.30. The van der Waals surface area contributed by atoms with E-state index in [1.807, 2.05) is 0 Å². The maximum Gasteiger partial charge on any atom is 0.0804 e. The van der Waals surface area contributed by atoms with E-state index in [9.17, 15) is 10.2 Å². The Labute approximate surface area is 180 Å². The Morgan fingerprint density at radius 1 is 0.828 bits per heavy atom. The third kappa shape index (κ3) is 3.73. The maximum atomic E-state index is 10.5. The van der Waals surface area contributed by atoms with Crippen LogP contribution < -0.4 is 0 Å². The van der Waals surface area contributed by atoms with Gasteiger partial charge in [0.05, 0.1) is 12.2 Å². The highest BCUT2D eigenvalue weighted by Crippen LogP contribution is 2.68. The molecule has 0 aromatic heterocycles. The highest BCUT2D eigenvalue weighted by Gasteiger charge is 2.61. The number of hydrogen-bond acceptors (Lipinski definition) is 2. The van der Waals surface area contributed by atoms with Gasteiger partial charge in [-0.1, -0.05) is 53.9 Å². The van der Waals surface area contributed by atoms with Crippen molar-refractivity contribution in [3.8, 4) is 0 Å². The summed E-state index contributed by atoms with van der Waals surface area (Å²) in [5, 5.41) is 20.8. The Morgan fingerprint density at radius 3 is 2.28 bits per heavy atom. The van der Waals surface area contributed by atoms with Crippen molar-refractivity contribution in [2.24, 2.45) is 52.3 Å². The molecule has 4 aliphatic carbocycles. The molecule has 0 unspecified atom stereocenters. The number of fused-ring (bicyclic) bond motifs is 5. The second-order valence-corrected chi connectivity index (χ2v) is 12.8.